The number of carbonyl (C=O) groups is 2. The van der Waals surface area contributed by atoms with Gasteiger partial charge in [0.2, 0.25) is 11.8 Å². The van der Waals surface area contributed by atoms with Gasteiger partial charge >= 0.3 is 0 Å². The van der Waals surface area contributed by atoms with Gasteiger partial charge in [-0.1, -0.05) is 59.6 Å². The van der Waals surface area contributed by atoms with Crippen LogP contribution in [0.2, 0.25) is 10.0 Å². The molecule has 1 heterocycles. The highest BCUT2D eigenvalue weighted by Gasteiger charge is 2.32. The van der Waals surface area contributed by atoms with Crippen LogP contribution < -0.4 is 0 Å². The van der Waals surface area contributed by atoms with Crippen LogP contribution in [0.1, 0.15) is 25.0 Å². The van der Waals surface area contributed by atoms with Gasteiger partial charge in [0.05, 0.1) is 0 Å². The Morgan fingerprint density at radius 1 is 0.767 bits per heavy atom. The Morgan fingerprint density at radius 2 is 1.13 bits per heavy atom. The van der Waals surface area contributed by atoms with Crippen molar-refractivity contribution in [3.8, 4) is 0 Å². The zero-order valence-electron chi connectivity index (χ0n) is 17.0. The monoisotopic (exact) mass is 442 g/mol. The molecule has 0 aliphatic carbocycles. The molecule has 156 valence electrons. The number of nitrogens with zero attached hydrogens (tertiary/aromatic N) is 2. The molecule has 0 bridgehead atoms. The summed E-state index contributed by atoms with van der Waals surface area (Å²) in [7, 11) is 0. The molecule has 4 nitrogen and oxygen atoms in total. The quantitative estimate of drug-likeness (QED) is 0.612. The summed E-state index contributed by atoms with van der Waals surface area (Å²) in [5.74, 6) is -0.180. The SMILES string of the molecule is CC1CN(C(=O)/C=C/c2ccccc2Cl)C(C)CN1C(=O)/C=C/c1ccccc1Cl. The van der Waals surface area contributed by atoms with E-state index in [1.807, 2.05) is 50.2 Å². The summed E-state index contributed by atoms with van der Waals surface area (Å²) in [5.41, 5.74) is 1.60. The van der Waals surface area contributed by atoms with Crippen LogP contribution >= 0.6 is 23.2 Å². The third kappa shape index (κ3) is 5.32. The smallest absolute Gasteiger partial charge is 0.246 e. The highest BCUT2D eigenvalue weighted by Crippen LogP contribution is 2.20. The third-order valence-corrected chi connectivity index (χ3v) is 5.86. The van der Waals surface area contributed by atoms with Gasteiger partial charge in [0.25, 0.3) is 0 Å². The van der Waals surface area contributed by atoms with Crippen molar-refractivity contribution >= 4 is 47.2 Å². The van der Waals surface area contributed by atoms with E-state index in [0.29, 0.717) is 23.1 Å². The molecule has 1 fully saturated rings. The van der Waals surface area contributed by atoms with Crippen molar-refractivity contribution in [2.24, 2.45) is 0 Å². The summed E-state index contributed by atoms with van der Waals surface area (Å²) in [6.45, 7) is 4.84. The molecule has 1 aliphatic rings. The fourth-order valence-electron chi connectivity index (χ4n) is 3.47. The molecule has 1 aliphatic heterocycles. The Kier molecular flexibility index (Phi) is 7.35. The van der Waals surface area contributed by atoms with Crippen molar-refractivity contribution in [2.45, 2.75) is 25.9 Å². The largest absolute Gasteiger partial charge is 0.333 e. The normalized spacial score (nSPS) is 19.6. The maximum atomic E-state index is 12.7. The van der Waals surface area contributed by atoms with E-state index >= 15 is 0 Å². The Bertz CT molecular complexity index is 907. The van der Waals surface area contributed by atoms with Gasteiger partial charge < -0.3 is 9.80 Å². The van der Waals surface area contributed by atoms with Gasteiger partial charge in [-0.2, -0.15) is 0 Å². The number of halogens is 2. The summed E-state index contributed by atoms with van der Waals surface area (Å²) in [4.78, 5) is 29.0. The first-order chi connectivity index (χ1) is 14.4. The molecule has 2 amide bonds. The summed E-state index contributed by atoms with van der Waals surface area (Å²) in [5, 5.41) is 1.20. The molecule has 2 unspecified atom stereocenters. The fourth-order valence-corrected chi connectivity index (χ4v) is 3.87. The number of amides is 2. The van der Waals surface area contributed by atoms with E-state index in [-0.39, 0.29) is 23.9 Å². The minimum absolute atomic E-state index is 0.0898. The van der Waals surface area contributed by atoms with E-state index in [0.717, 1.165) is 11.1 Å². The number of rotatable bonds is 4. The van der Waals surface area contributed by atoms with Crippen molar-refractivity contribution in [1.29, 1.82) is 0 Å². The second-order valence-corrected chi connectivity index (χ2v) is 8.20. The van der Waals surface area contributed by atoms with Gasteiger partial charge in [0, 0.05) is 47.4 Å². The lowest BCUT2D eigenvalue weighted by Gasteiger charge is -2.43. The second-order valence-electron chi connectivity index (χ2n) is 7.39. The van der Waals surface area contributed by atoms with Crippen LogP contribution in [0.3, 0.4) is 0 Å². The van der Waals surface area contributed by atoms with Crippen LogP contribution in [0, 0.1) is 0 Å². The van der Waals surface area contributed by atoms with Gasteiger partial charge in [0.1, 0.15) is 0 Å². The summed E-state index contributed by atoms with van der Waals surface area (Å²) >= 11 is 12.3. The van der Waals surface area contributed by atoms with Gasteiger partial charge in [-0.3, -0.25) is 9.59 Å². The number of benzene rings is 2. The molecule has 30 heavy (non-hydrogen) atoms. The van der Waals surface area contributed by atoms with Crippen molar-refractivity contribution in [2.75, 3.05) is 13.1 Å². The number of hydrogen-bond donors (Lipinski definition) is 0. The molecule has 1 saturated heterocycles. The minimum Gasteiger partial charge on any atom is -0.333 e. The van der Waals surface area contributed by atoms with E-state index in [2.05, 4.69) is 0 Å². The molecule has 3 rings (SSSR count). The van der Waals surface area contributed by atoms with Crippen molar-refractivity contribution < 1.29 is 9.59 Å². The first-order valence-electron chi connectivity index (χ1n) is 9.83. The average Bonchev–Trinajstić information content (AvgIpc) is 2.73. The Hall–Kier alpha value is -2.56. The summed E-state index contributed by atoms with van der Waals surface area (Å²) < 4.78 is 0. The second kappa shape index (κ2) is 9.96. The molecule has 0 aromatic heterocycles. The molecule has 2 aromatic carbocycles. The molecule has 0 spiro atoms. The van der Waals surface area contributed by atoms with E-state index in [9.17, 15) is 9.59 Å². The van der Waals surface area contributed by atoms with Gasteiger partial charge in [0.15, 0.2) is 0 Å². The van der Waals surface area contributed by atoms with Gasteiger partial charge in [-0.05, 0) is 49.3 Å². The minimum atomic E-state index is -0.0951. The standard InChI is InChI=1S/C24H24Cl2N2O2/c1-17-15-28(24(30)14-12-20-8-4-6-10-22(20)26)18(2)16-27(17)23(29)13-11-19-7-3-5-9-21(19)25/h3-14,17-18H,15-16H2,1-2H3/b13-11+,14-12+. The number of carbonyl (C=O) groups excluding carboxylic acids is 2. The van der Waals surface area contributed by atoms with Crippen molar-refractivity contribution in [1.82, 2.24) is 9.80 Å². The van der Waals surface area contributed by atoms with Crippen LogP contribution in [0.15, 0.2) is 60.7 Å². The van der Waals surface area contributed by atoms with E-state index in [4.69, 9.17) is 23.2 Å². The first kappa shape index (κ1) is 22.1. The first-order valence-corrected chi connectivity index (χ1v) is 10.6. The molecule has 6 heteroatoms. The van der Waals surface area contributed by atoms with Crippen LogP contribution in [0.5, 0.6) is 0 Å². The number of hydrogen-bond acceptors (Lipinski definition) is 2. The summed E-state index contributed by atoms with van der Waals surface area (Å²) in [6.07, 6.45) is 6.54. The average molecular weight is 443 g/mol. The Labute approximate surface area is 187 Å². The lowest BCUT2D eigenvalue weighted by Crippen LogP contribution is -2.59. The highest BCUT2D eigenvalue weighted by molar-refractivity contribution is 6.32. The highest BCUT2D eigenvalue weighted by atomic mass is 35.5. The molecule has 0 radical (unpaired) electrons. The summed E-state index contributed by atoms with van der Waals surface area (Å²) in [6, 6.07) is 14.6. The number of piperazine rings is 1. The molecular weight excluding hydrogens is 419 g/mol. The zero-order valence-corrected chi connectivity index (χ0v) is 18.5. The van der Waals surface area contributed by atoms with Gasteiger partial charge in [-0.25, -0.2) is 0 Å². The zero-order chi connectivity index (χ0) is 21.7. The van der Waals surface area contributed by atoms with Gasteiger partial charge in [-0.15, -0.1) is 0 Å². The van der Waals surface area contributed by atoms with E-state index < -0.39 is 0 Å². The predicted molar refractivity (Wildman–Crippen MR) is 123 cm³/mol. The fraction of sp³-hybridized carbons (Fsp3) is 0.250. The maximum Gasteiger partial charge on any atom is 0.246 e. The Balaban J connectivity index is 1.64. The molecule has 2 atom stereocenters. The van der Waals surface area contributed by atoms with Crippen molar-refractivity contribution in [3.63, 3.8) is 0 Å². The third-order valence-electron chi connectivity index (χ3n) is 5.17. The van der Waals surface area contributed by atoms with Crippen LogP contribution in [0.25, 0.3) is 12.2 Å². The topological polar surface area (TPSA) is 40.6 Å². The maximum absolute atomic E-state index is 12.7. The van der Waals surface area contributed by atoms with Crippen LogP contribution in [0.4, 0.5) is 0 Å². The molecular formula is C24H24Cl2N2O2. The Morgan fingerprint density at radius 3 is 1.50 bits per heavy atom. The van der Waals surface area contributed by atoms with E-state index in [1.165, 1.54) is 0 Å². The van der Waals surface area contributed by atoms with Crippen LogP contribution in [-0.4, -0.2) is 46.8 Å². The predicted octanol–water partition coefficient (Wildman–Crippen LogP) is 5.17. The molecule has 0 saturated carbocycles. The van der Waals surface area contributed by atoms with E-state index in [1.54, 1.807) is 46.2 Å². The lowest BCUT2D eigenvalue weighted by molar-refractivity contribution is -0.139. The lowest BCUT2D eigenvalue weighted by atomic mass is 10.1. The van der Waals surface area contributed by atoms with Crippen molar-refractivity contribution in [3.05, 3.63) is 81.9 Å². The molecule has 2 aromatic rings. The van der Waals surface area contributed by atoms with Crippen LogP contribution in [-0.2, 0) is 9.59 Å². The molecule has 0 N–H and O–H groups in total.